The fourth-order valence-electron chi connectivity index (χ4n) is 4.14. The lowest BCUT2D eigenvalue weighted by Gasteiger charge is -2.21. The minimum Gasteiger partial charge on any atom is -0.494 e. The van der Waals surface area contributed by atoms with Crippen molar-refractivity contribution < 1.29 is 24.2 Å². The van der Waals surface area contributed by atoms with Crippen molar-refractivity contribution in [2.75, 3.05) is 18.1 Å². The van der Waals surface area contributed by atoms with Gasteiger partial charge in [0.2, 0.25) is 0 Å². The van der Waals surface area contributed by atoms with Crippen molar-refractivity contribution >= 4 is 23.1 Å². The van der Waals surface area contributed by atoms with E-state index in [0.717, 1.165) is 40.0 Å². The van der Waals surface area contributed by atoms with Gasteiger partial charge in [0.05, 0.1) is 19.1 Å². The minimum absolute atomic E-state index is 0.0103. The number of benzene rings is 3. The van der Waals surface area contributed by atoms with Gasteiger partial charge in [-0.1, -0.05) is 55.5 Å². The van der Waals surface area contributed by atoms with E-state index in [0.29, 0.717) is 38.6 Å². The standard InChI is InChI=1S/C29H32N2O5/c1-2-24(28(33)34)18-22-7-5-8-23(17-22)19-31(29-30-26-9-3-4-10-27(26)36-29)15-6-16-35-25-13-11-21(20-32)12-14-25/h3-5,7-14,17,24,32H,2,6,15-16,18-20H2,1H3,(H,33,34)/t24-/m0/s1. The molecule has 2 N–H and O–H groups in total. The van der Waals surface area contributed by atoms with Crippen LogP contribution in [-0.2, 0) is 24.4 Å². The Hall–Kier alpha value is -3.84. The number of aliphatic hydroxyl groups excluding tert-OH is 1. The summed E-state index contributed by atoms with van der Waals surface area (Å²) >= 11 is 0. The van der Waals surface area contributed by atoms with Gasteiger partial charge in [-0.25, -0.2) is 0 Å². The molecule has 0 fully saturated rings. The lowest BCUT2D eigenvalue weighted by Crippen LogP contribution is -2.25. The zero-order valence-electron chi connectivity index (χ0n) is 20.5. The molecular weight excluding hydrogens is 456 g/mol. The van der Waals surface area contributed by atoms with Crippen molar-refractivity contribution in [1.82, 2.24) is 4.98 Å². The number of hydrogen-bond acceptors (Lipinski definition) is 6. The molecule has 1 atom stereocenters. The number of aliphatic carboxylic acids is 1. The number of para-hydroxylation sites is 2. The summed E-state index contributed by atoms with van der Waals surface area (Å²) in [6, 6.07) is 23.7. The van der Waals surface area contributed by atoms with Crippen LogP contribution in [0, 0.1) is 5.92 Å². The Kier molecular flexibility index (Phi) is 8.57. The van der Waals surface area contributed by atoms with Crippen molar-refractivity contribution in [1.29, 1.82) is 0 Å². The van der Waals surface area contributed by atoms with E-state index in [1.54, 1.807) is 0 Å². The third kappa shape index (κ3) is 6.64. The molecule has 4 aromatic rings. The Morgan fingerprint density at radius 2 is 1.81 bits per heavy atom. The number of hydrogen-bond donors (Lipinski definition) is 2. The molecule has 0 spiro atoms. The van der Waals surface area contributed by atoms with E-state index in [-0.39, 0.29) is 6.61 Å². The number of ether oxygens (including phenoxy) is 1. The van der Waals surface area contributed by atoms with E-state index in [4.69, 9.17) is 9.15 Å². The summed E-state index contributed by atoms with van der Waals surface area (Å²) in [6.07, 6.45) is 1.85. The average molecular weight is 489 g/mol. The van der Waals surface area contributed by atoms with Crippen molar-refractivity contribution in [3.05, 3.63) is 89.5 Å². The summed E-state index contributed by atoms with van der Waals surface area (Å²) in [7, 11) is 0. The van der Waals surface area contributed by atoms with Crippen LogP contribution in [0.2, 0.25) is 0 Å². The Morgan fingerprint density at radius 1 is 1.03 bits per heavy atom. The zero-order valence-corrected chi connectivity index (χ0v) is 20.5. The summed E-state index contributed by atoms with van der Waals surface area (Å²) in [5, 5.41) is 18.6. The quantitative estimate of drug-likeness (QED) is 0.242. The Balaban J connectivity index is 1.46. The third-order valence-electron chi connectivity index (χ3n) is 6.19. The second-order valence-electron chi connectivity index (χ2n) is 8.86. The first kappa shape index (κ1) is 25.3. The number of carbonyl (C=O) groups is 1. The molecule has 36 heavy (non-hydrogen) atoms. The van der Waals surface area contributed by atoms with E-state index in [2.05, 4.69) is 16.0 Å². The fourth-order valence-corrected chi connectivity index (χ4v) is 4.14. The number of nitrogens with zero attached hydrogens (tertiary/aromatic N) is 2. The maximum absolute atomic E-state index is 11.5. The number of carboxylic acids is 1. The lowest BCUT2D eigenvalue weighted by atomic mass is 9.96. The van der Waals surface area contributed by atoms with Gasteiger partial charge in [0.1, 0.15) is 11.3 Å². The molecular formula is C29H32N2O5. The summed E-state index contributed by atoms with van der Waals surface area (Å²) in [4.78, 5) is 18.3. The molecule has 0 aliphatic heterocycles. The van der Waals surface area contributed by atoms with Crippen LogP contribution in [0.4, 0.5) is 6.01 Å². The van der Waals surface area contributed by atoms with Crippen LogP contribution in [0.3, 0.4) is 0 Å². The third-order valence-corrected chi connectivity index (χ3v) is 6.19. The largest absolute Gasteiger partial charge is 0.494 e. The molecule has 0 amide bonds. The number of fused-ring (bicyclic) bond motifs is 1. The topological polar surface area (TPSA) is 96.0 Å². The molecule has 1 aromatic heterocycles. The normalized spacial score (nSPS) is 11.9. The maximum atomic E-state index is 11.5. The fraction of sp³-hybridized carbons (Fsp3) is 0.310. The highest BCUT2D eigenvalue weighted by Crippen LogP contribution is 2.24. The van der Waals surface area contributed by atoms with Gasteiger partial charge in [0.15, 0.2) is 5.58 Å². The van der Waals surface area contributed by atoms with Crippen molar-refractivity contribution in [2.45, 2.75) is 39.3 Å². The molecule has 4 rings (SSSR count). The molecule has 3 aromatic carbocycles. The first-order valence-corrected chi connectivity index (χ1v) is 12.3. The number of oxazole rings is 1. The number of aliphatic hydroxyl groups is 1. The van der Waals surface area contributed by atoms with Crippen LogP contribution < -0.4 is 9.64 Å². The first-order valence-electron chi connectivity index (χ1n) is 12.3. The molecule has 0 saturated heterocycles. The summed E-state index contributed by atoms with van der Waals surface area (Å²) < 4.78 is 11.9. The van der Waals surface area contributed by atoms with Gasteiger partial charge in [-0.05, 0) is 60.2 Å². The average Bonchev–Trinajstić information content (AvgIpc) is 3.34. The highest BCUT2D eigenvalue weighted by molar-refractivity contribution is 5.74. The van der Waals surface area contributed by atoms with Gasteiger partial charge < -0.3 is 24.3 Å². The highest BCUT2D eigenvalue weighted by Gasteiger charge is 2.18. The zero-order chi connectivity index (χ0) is 25.3. The molecule has 0 unspecified atom stereocenters. The summed E-state index contributed by atoms with van der Waals surface area (Å²) in [6.45, 7) is 3.68. The van der Waals surface area contributed by atoms with Crippen LogP contribution in [0.5, 0.6) is 5.75 Å². The van der Waals surface area contributed by atoms with Crippen LogP contribution in [0.25, 0.3) is 11.1 Å². The van der Waals surface area contributed by atoms with Crippen molar-refractivity contribution in [3.8, 4) is 5.75 Å². The summed E-state index contributed by atoms with van der Waals surface area (Å²) in [5.41, 5.74) is 4.46. The number of rotatable bonds is 13. The molecule has 7 heteroatoms. The second-order valence-corrected chi connectivity index (χ2v) is 8.86. The van der Waals surface area contributed by atoms with Gasteiger partial charge >= 0.3 is 5.97 Å². The van der Waals surface area contributed by atoms with E-state index >= 15 is 0 Å². The Labute approximate surface area is 211 Å². The highest BCUT2D eigenvalue weighted by atomic mass is 16.5. The van der Waals surface area contributed by atoms with E-state index in [9.17, 15) is 15.0 Å². The van der Waals surface area contributed by atoms with E-state index < -0.39 is 11.9 Å². The van der Waals surface area contributed by atoms with Gasteiger partial charge in [-0.2, -0.15) is 4.98 Å². The number of carboxylic acid groups (broad SMARTS) is 1. The molecule has 1 heterocycles. The van der Waals surface area contributed by atoms with Crippen LogP contribution in [0.1, 0.15) is 36.5 Å². The van der Waals surface area contributed by atoms with Crippen LogP contribution >= 0.6 is 0 Å². The number of aromatic nitrogens is 1. The number of anilines is 1. The van der Waals surface area contributed by atoms with Gasteiger partial charge in [0.25, 0.3) is 6.01 Å². The molecule has 188 valence electrons. The van der Waals surface area contributed by atoms with Gasteiger partial charge in [-0.15, -0.1) is 0 Å². The Bertz CT molecular complexity index is 1240. The molecule has 7 nitrogen and oxygen atoms in total. The first-order chi connectivity index (χ1) is 17.6. The molecule has 0 aliphatic rings. The van der Waals surface area contributed by atoms with Crippen LogP contribution in [-0.4, -0.2) is 34.3 Å². The van der Waals surface area contributed by atoms with Crippen molar-refractivity contribution in [2.24, 2.45) is 5.92 Å². The van der Waals surface area contributed by atoms with Crippen LogP contribution in [0.15, 0.2) is 77.2 Å². The predicted molar refractivity (Wildman–Crippen MR) is 139 cm³/mol. The smallest absolute Gasteiger partial charge is 0.306 e. The molecule has 0 radical (unpaired) electrons. The van der Waals surface area contributed by atoms with E-state index in [1.807, 2.05) is 73.7 Å². The molecule has 0 aliphatic carbocycles. The summed E-state index contributed by atoms with van der Waals surface area (Å²) in [5.74, 6) is -0.392. The van der Waals surface area contributed by atoms with Crippen molar-refractivity contribution in [3.63, 3.8) is 0 Å². The van der Waals surface area contributed by atoms with Gasteiger partial charge in [0, 0.05) is 13.1 Å². The maximum Gasteiger partial charge on any atom is 0.306 e. The second kappa shape index (κ2) is 12.2. The SMILES string of the molecule is CC[C@@H](Cc1cccc(CN(CCCOc2ccc(CO)cc2)c2nc3ccccc3o2)c1)C(=O)O. The Morgan fingerprint density at radius 3 is 2.53 bits per heavy atom. The minimum atomic E-state index is -0.762. The molecule has 0 saturated carbocycles. The van der Waals surface area contributed by atoms with E-state index in [1.165, 1.54) is 0 Å². The lowest BCUT2D eigenvalue weighted by molar-refractivity contribution is -0.141. The monoisotopic (exact) mass is 488 g/mol. The predicted octanol–water partition coefficient (Wildman–Crippen LogP) is 5.45. The van der Waals surface area contributed by atoms with Gasteiger partial charge in [-0.3, -0.25) is 4.79 Å². The molecule has 0 bridgehead atoms.